The molecule has 0 aliphatic heterocycles. The van der Waals surface area contributed by atoms with Crippen LogP contribution in [0.4, 0.5) is 0 Å². The molecule has 0 spiro atoms. The van der Waals surface area contributed by atoms with Gasteiger partial charge in [-0.2, -0.15) is 0 Å². The number of hydrogen-bond donors (Lipinski definition) is 0. The molecule has 9 heteroatoms. The van der Waals surface area contributed by atoms with E-state index in [0.29, 0.717) is 28.6 Å². The van der Waals surface area contributed by atoms with Crippen LogP contribution in [0.15, 0.2) is 30.3 Å². The highest BCUT2D eigenvalue weighted by atomic mass is 28.2. The minimum absolute atomic E-state index is 0.0817. The highest BCUT2D eigenvalue weighted by Crippen LogP contribution is 2.39. The average molecular weight is 483 g/mol. The van der Waals surface area contributed by atoms with Crippen molar-refractivity contribution in [2.75, 3.05) is 42.7 Å². The molecule has 0 aromatic heterocycles. The summed E-state index contributed by atoms with van der Waals surface area (Å²) in [5.74, 6) is -0.389. The van der Waals surface area contributed by atoms with Crippen LogP contribution in [0.2, 0.25) is 18.1 Å². The predicted molar refractivity (Wildman–Crippen MR) is 127 cm³/mol. The molecule has 174 valence electrons. The molecule has 6 nitrogen and oxygen atoms in total. The van der Waals surface area contributed by atoms with E-state index in [-0.39, 0.29) is 23.2 Å². The molecule has 0 unspecified atom stereocenters. The van der Waals surface area contributed by atoms with E-state index in [1.165, 1.54) is 5.56 Å². The van der Waals surface area contributed by atoms with Crippen LogP contribution in [0.25, 0.3) is 0 Å². The van der Waals surface area contributed by atoms with Crippen LogP contribution in [0.3, 0.4) is 0 Å². The van der Waals surface area contributed by atoms with Gasteiger partial charge in [0, 0.05) is 42.7 Å². The Morgan fingerprint density at radius 1 is 0.581 bits per heavy atom. The van der Waals surface area contributed by atoms with Gasteiger partial charge in [0.05, 0.1) is 0 Å². The largest absolute Gasteiger partial charge is 0.360 e. The Morgan fingerprint density at radius 2 is 0.903 bits per heavy atom. The van der Waals surface area contributed by atoms with Crippen molar-refractivity contribution in [3.8, 4) is 0 Å². The van der Waals surface area contributed by atoms with E-state index in [1.54, 1.807) is 42.7 Å². The summed E-state index contributed by atoms with van der Waals surface area (Å²) in [5, 5.41) is 0. The van der Waals surface area contributed by atoms with Gasteiger partial charge >= 0.3 is 0 Å². The Morgan fingerprint density at radius 3 is 1.19 bits per heavy atom. The minimum atomic E-state index is -0.130. The normalized spacial score (nSPS) is 12.4. The monoisotopic (exact) mass is 482 g/mol. The van der Waals surface area contributed by atoms with E-state index < -0.39 is 0 Å². The van der Waals surface area contributed by atoms with Crippen LogP contribution in [0.5, 0.6) is 0 Å². The zero-order chi connectivity index (χ0) is 23.0. The maximum atomic E-state index is 5.43. The summed E-state index contributed by atoms with van der Waals surface area (Å²) in [6.45, 7) is 0. The summed E-state index contributed by atoms with van der Waals surface area (Å²) in [6.07, 6.45) is 3.26. The fourth-order valence-corrected chi connectivity index (χ4v) is 7.25. The van der Waals surface area contributed by atoms with Gasteiger partial charge in [-0.05, 0) is 30.2 Å². The van der Waals surface area contributed by atoms with Gasteiger partial charge in [0.2, 0.25) is 0 Å². The van der Waals surface area contributed by atoms with Gasteiger partial charge in [-0.25, -0.2) is 0 Å². The first kappa shape index (κ1) is 28.7. The van der Waals surface area contributed by atoms with Crippen LogP contribution >= 0.6 is 0 Å². The van der Waals surface area contributed by atoms with Crippen LogP contribution in [-0.2, 0) is 33.8 Å². The second-order valence-corrected chi connectivity index (χ2v) is 11.3. The maximum absolute atomic E-state index is 5.43. The first-order valence-corrected chi connectivity index (χ1v) is 14.4. The quantitative estimate of drug-likeness (QED) is 0.223. The van der Waals surface area contributed by atoms with Gasteiger partial charge in [0.15, 0.2) is 0 Å². The zero-order valence-electron chi connectivity index (χ0n) is 19.8. The molecular weight excluding hydrogens is 444 g/mol. The standard InChI is InChI=1S/C22H38O6Si3/c1-23-19(24-2)29-15-12-22(18-10-8-7-9-11-18,13-16-30-20(25-3)26-4)14-17-31-21(27-5)28-6/h7-11,19-21H,12-17H2,1-6H3. The van der Waals surface area contributed by atoms with Crippen molar-refractivity contribution in [3.63, 3.8) is 0 Å². The Balaban J connectivity index is 3.00. The second-order valence-electron chi connectivity index (χ2n) is 7.17. The Kier molecular flexibility index (Phi) is 15.9. The van der Waals surface area contributed by atoms with Crippen LogP contribution in [0, 0.1) is 0 Å². The lowest BCUT2D eigenvalue weighted by atomic mass is 9.73. The molecule has 0 atom stereocenters. The lowest BCUT2D eigenvalue weighted by molar-refractivity contribution is -0.0443. The van der Waals surface area contributed by atoms with Gasteiger partial charge < -0.3 is 28.4 Å². The van der Waals surface area contributed by atoms with Crippen molar-refractivity contribution in [1.82, 2.24) is 0 Å². The molecule has 1 aromatic carbocycles. The summed E-state index contributed by atoms with van der Waals surface area (Å²) in [7, 11) is 12.1. The van der Waals surface area contributed by atoms with Gasteiger partial charge in [-0.3, -0.25) is 0 Å². The molecule has 31 heavy (non-hydrogen) atoms. The number of ether oxygens (including phenoxy) is 6. The van der Waals surface area contributed by atoms with Gasteiger partial charge in [-0.1, -0.05) is 48.5 Å². The molecule has 0 N–H and O–H groups in total. The molecule has 0 heterocycles. The first-order valence-electron chi connectivity index (χ1n) is 10.5. The lowest BCUT2D eigenvalue weighted by Crippen LogP contribution is -2.32. The SMILES string of the molecule is COC(OC)[Si]CCC(CC[Si]C(OC)OC)(CC[Si]C(OC)OC)c1ccccc1. The molecule has 0 amide bonds. The number of hydrogen-bond acceptors (Lipinski definition) is 6. The van der Waals surface area contributed by atoms with Crippen LogP contribution in [0.1, 0.15) is 24.8 Å². The topological polar surface area (TPSA) is 55.4 Å². The van der Waals surface area contributed by atoms with Crippen molar-refractivity contribution in [2.24, 2.45) is 0 Å². The third kappa shape index (κ3) is 10.4. The van der Waals surface area contributed by atoms with E-state index in [9.17, 15) is 0 Å². The summed E-state index contributed by atoms with van der Waals surface area (Å²) >= 11 is 0. The van der Waals surface area contributed by atoms with Crippen molar-refractivity contribution in [3.05, 3.63) is 35.9 Å². The van der Waals surface area contributed by atoms with Crippen molar-refractivity contribution >= 4 is 28.6 Å². The molecule has 0 fully saturated rings. The van der Waals surface area contributed by atoms with E-state index in [4.69, 9.17) is 28.4 Å². The van der Waals surface area contributed by atoms with Gasteiger partial charge in [0.25, 0.3) is 0 Å². The van der Waals surface area contributed by atoms with Crippen molar-refractivity contribution in [2.45, 2.75) is 60.5 Å². The van der Waals surface area contributed by atoms with Crippen LogP contribution < -0.4 is 0 Å². The molecular formula is C22H38O6Si3. The lowest BCUT2D eigenvalue weighted by Gasteiger charge is -2.36. The molecule has 0 saturated carbocycles. The number of methoxy groups -OCH3 is 6. The third-order valence-electron chi connectivity index (χ3n) is 5.41. The smallest absolute Gasteiger partial charge is 0.136 e. The third-order valence-corrected chi connectivity index (χ3v) is 9.44. The van der Waals surface area contributed by atoms with Crippen LogP contribution in [-0.4, -0.2) is 89.0 Å². The predicted octanol–water partition coefficient (Wildman–Crippen LogP) is 3.19. The Labute approximate surface area is 196 Å². The molecule has 1 rings (SSSR count). The zero-order valence-corrected chi connectivity index (χ0v) is 22.8. The van der Waals surface area contributed by atoms with Crippen molar-refractivity contribution < 1.29 is 28.4 Å². The Bertz CT molecular complexity index is 494. The first-order chi connectivity index (χ1) is 15.1. The fourth-order valence-electron chi connectivity index (χ4n) is 3.68. The maximum Gasteiger partial charge on any atom is 0.136 e. The van der Waals surface area contributed by atoms with Gasteiger partial charge in [-0.15, -0.1) is 0 Å². The molecule has 1 aromatic rings. The summed E-state index contributed by atoms with van der Waals surface area (Å²) in [4.78, 5) is 0. The number of benzene rings is 1. The summed E-state index contributed by atoms with van der Waals surface area (Å²) in [5.41, 5.74) is 1.48. The molecule has 0 aliphatic carbocycles. The molecule has 0 bridgehead atoms. The highest BCUT2D eigenvalue weighted by Gasteiger charge is 2.32. The van der Waals surface area contributed by atoms with Crippen molar-refractivity contribution in [1.29, 1.82) is 0 Å². The summed E-state index contributed by atoms with van der Waals surface area (Å²) in [6, 6.07) is 14.1. The minimum Gasteiger partial charge on any atom is -0.360 e. The fraction of sp³-hybridized carbons (Fsp3) is 0.727. The highest BCUT2D eigenvalue weighted by molar-refractivity contribution is 6.37. The summed E-state index contributed by atoms with van der Waals surface area (Å²) < 4.78 is 32.6. The molecule has 0 aliphatic rings. The Hall–Kier alpha value is -0.369. The molecule has 0 saturated heterocycles. The number of rotatable bonds is 19. The average Bonchev–Trinajstić information content (AvgIpc) is 2.82. The van der Waals surface area contributed by atoms with E-state index in [0.717, 1.165) is 37.4 Å². The second kappa shape index (κ2) is 17.2. The van der Waals surface area contributed by atoms with Gasteiger partial charge in [0.1, 0.15) is 46.3 Å². The van der Waals surface area contributed by atoms with E-state index in [1.807, 2.05) is 0 Å². The van der Waals surface area contributed by atoms with E-state index >= 15 is 0 Å². The van der Waals surface area contributed by atoms with E-state index in [2.05, 4.69) is 30.3 Å². The molecule has 6 radical (unpaired) electrons.